The average Bonchev–Trinajstić information content (AvgIpc) is 3.22. The van der Waals surface area contributed by atoms with Gasteiger partial charge in [-0.1, -0.05) is 30.3 Å². The van der Waals surface area contributed by atoms with Gasteiger partial charge in [0.2, 0.25) is 0 Å². The van der Waals surface area contributed by atoms with Crippen LogP contribution in [0.1, 0.15) is 40.8 Å². The molecule has 0 aliphatic carbocycles. The van der Waals surface area contributed by atoms with Crippen LogP contribution in [0.25, 0.3) is 0 Å². The van der Waals surface area contributed by atoms with Crippen LogP contribution in [0.4, 0.5) is 11.4 Å². The largest absolute Gasteiger partial charge is 0.485 e. The molecular weight excluding hydrogens is 360 g/mol. The Morgan fingerprint density at radius 2 is 1.72 bits per heavy atom. The van der Waals surface area contributed by atoms with Crippen molar-refractivity contribution in [3.63, 3.8) is 0 Å². The van der Waals surface area contributed by atoms with Gasteiger partial charge in [0, 0.05) is 17.9 Å². The van der Waals surface area contributed by atoms with E-state index in [0.717, 1.165) is 24.5 Å². The van der Waals surface area contributed by atoms with Crippen molar-refractivity contribution in [2.24, 2.45) is 0 Å². The number of ether oxygens (including phenoxy) is 2. The Morgan fingerprint density at radius 3 is 2.69 bits per heavy atom. The maximum atomic E-state index is 6.20. The Bertz CT molecular complexity index is 1080. The summed E-state index contributed by atoms with van der Waals surface area (Å²) in [6.07, 6.45) is 3.32. The summed E-state index contributed by atoms with van der Waals surface area (Å²) in [5.41, 5.74) is 7.84. The van der Waals surface area contributed by atoms with Crippen LogP contribution in [-0.2, 0) is 12.8 Å². The first-order valence-corrected chi connectivity index (χ1v) is 10.5. The first-order valence-electron chi connectivity index (χ1n) is 10.5. The molecule has 0 bridgehead atoms. The predicted octanol–water partition coefficient (Wildman–Crippen LogP) is 5.27. The van der Waals surface area contributed by atoms with Gasteiger partial charge in [0.25, 0.3) is 0 Å². The molecule has 6 rings (SSSR count). The number of nitrogens with one attached hydrogen (secondary N) is 2. The third-order valence-electron chi connectivity index (χ3n) is 6.24. The molecule has 0 saturated heterocycles. The molecule has 3 aliphatic rings. The van der Waals surface area contributed by atoms with E-state index >= 15 is 0 Å². The van der Waals surface area contributed by atoms with Crippen molar-refractivity contribution in [1.82, 2.24) is 0 Å². The fourth-order valence-corrected chi connectivity index (χ4v) is 4.66. The molecule has 3 aromatic rings. The predicted molar refractivity (Wildman–Crippen MR) is 115 cm³/mol. The molecule has 3 heterocycles. The molecule has 0 aromatic heterocycles. The van der Waals surface area contributed by atoms with Crippen molar-refractivity contribution >= 4 is 11.4 Å². The van der Waals surface area contributed by atoms with E-state index in [1.54, 1.807) is 0 Å². The zero-order valence-electron chi connectivity index (χ0n) is 16.3. The van der Waals surface area contributed by atoms with Crippen LogP contribution in [0.2, 0.25) is 0 Å². The van der Waals surface area contributed by atoms with Crippen molar-refractivity contribution in [1.29, 1.82) is 0 Å². The third kappa shape index (κ3) is 3.00. The molecule has 2 unspecified atom stereocenters. The van der Waals surface area contributed by atoms with Gasteiger partial charge in [-0.15, -0.1) is 0 Å². The Hall–Kier alpha value is -3.14. The molecule has 29 heavy (non-hydrogen) atoms. The van der Waals surface area contributed by atoms with Crippen LogP contribution in [0.5, 0.6) is 11.5 Å². The van der Waals surface area contributed by atoms with Gasteiger partial charge in [0.05, 0.1) is 6.04 Å². The molecule has 4 nitrogen and oxygen atoms in total. The topological polar surface area (TPSA) is 42.5 Å². The molecule has 0 amide bonds. The summed E-state index contributed by atoms with van der Waals surface area (Å²) in [6.45, 7) is 1.62. The zero-order chi connectivity index (χ0) is 19.2. The highest BCUT2D eigenvalue weighted by Crippen LogP contribution is 2.40. The van der Waals surface area contributed by atoms with Gasteiger partial charge in [-0.25, -0.2) is 0 Å². The van der Waals surface area contributed by atoms with Gasteiger partial charge in [0.15, 0.2) is 17.6 Å². The van der Waals surface area contributed by atoms with Crippen molar-refractivity contribution in [3.8, 4) is 11.5 Å². The normalized spacial score (nSPS) is 21.5. The molecule has 4 heteroatoms. The lowest BCUT2D eigenvalue weighted by molar-refractivity contribution is 0.0913. The number of aryl methyl sites for hydroxylation is 1. The average molecular weight is 384 g/mol. The van der Waals surface area contributed by atoms with Crippen molar-refractivity contribution < 1.29 is 9.47 Å². The molecule has 2 atom stereocenters. The maximum Gasteiger partial charge on any atom is 0.162 e. The first kappa shape index (κ1) is 16.8. The number of fused-ring (bicyclic) bond motifs is 3. The summed E-state index contributed by atoms with van der Waals surface area (Å²) in [4.78, 5) is 0. The monoisotopic (exact) mass is 384 g/mol. The van der Waals surface area contributed by atoms with E-state index in [9.17, 15) is 0 Å². The number of hydrogen-bond donors (Lipinski definition) is 2. The lowest BCUT2D eigenvalue weighted by atomic mass is 9.96. The third-order valence-corrected chi connectivity index (χ3v) is 6.24. The minimum atomic E-state index is -0.0674. The minimum absolute atomic E-state index is 0.0674. The molecule has 0 fully saturated rings. The van der Waals surface area contributed by atoms with E-state index in [1.807, 2.05) is 24.3 Å². The van der Waals surface area contributed by atoms with Crippen LogP contribution in [-0.4, -0.2) is 13.2 Å². The summed E-state index contributed by atoms with van der Waals surface area (Å²) in [5.74, 6) is 1.65. The number of hydrogen-bond acceptors (Lipinski definition) is 4. The van der Waals surface area contributed by atoms with E-state index in [-0.39, 0.29) is 6.10 Å². The number of anilines is 2. The fourth-order valence-electron chi connectivity index (χ4n) is 4.66. The molecule has 3 aliphatic heterocycles. The van der Waals surface area contributed by atoms with Crippen LogP contribution >= 0.6 is 0 Å². The van der Waals surface area contributed by atoms with Gasteiger partial charge < -0.3 is 20.1 Å². The second-order valence-electron chi connectivity index (χ2n) is 8.13. The van der Waals surface area contributed by atoms with Crippen molar-refractivity contribution in [2.75, 3.05) is 23.8 Å². The van der Waals surface area contributed by atoms with Crippen LogP contribution < -0.4 is 20.1 Å². The SMILES string of the molecule is c1ccc2c(c1)OCC(c1ccc3c(c1)CC(c1ccc4c(c1)NCCC4)N3)O2. The molecule has 0 radical (unpaired) electrons. The second kappa shape index (κ2) is 6.73. The second-order valence-corrected chi connectivity index (χ2v) is 8.13. The van der Waals surface area contributed by atoms with Gasteiger partial charge in [-0.2, -0.15) is 0 Å². The lowest BCUT2D eigenvalue weighted by Crippen LogP contribution is -2.21. The summed E-state index contributed by atoms with van der Waals surface area (Å²) in [7, 11) is 0. The smallest absolute Gasteiger partial charge is 0.162 e. The number of rotatable bonds is 2. The molecule has 0 spiro atoms. The highest BCUT2D eigenvalue weighted by Gasteiger charge is 2.27. The molecule has 146 valence electrons. The standard InChI is InChI=1S/C25H24N2O2/c1-2-6-24-23(5-1)28-15-25(29-24)18-9-10-20-19(12-18)14-22(27-20)17-8-7-16-4-3-11-26-21(16)13-17/h1-2,5-10,12-13,22,25-27H,3-4,11,14-15H2. The van der Waals surface area contributed by atoms with Crippen molar-refractivity contribution in [2.45, 2.75) is 31.4 Å². The van der Waals surface area contributed by atoms with E-state index < -0.39 is 0 Å². The quantitative estimate of drug-likeness (QED) is 0.632. The van der Waals surface area contributed by atoms with Crippen LogP contribution in [0.3, 0.4) is 0 Å². The lowest BCUT2D eigenvalue weighted by Gasteiger charge is -2.27. The molecule has 2 N–H and O–H groups in total. The minimum Gasteiger partial charge on any atom is -0.485 e. The summed E-state index contributed by atoms with van der Waals surface area (Å²) in [6, 6.07) is 21.7. The first-order chi connectivity index (χ1) is 14.3. The highest BCUT2D eigenvalue weighted by atomic mass is 16.6. The Morgan fingerprint density at radius 1 is 0.828 bits per heavy atom. The molecular formula is C25H24N2O2. The number of para-hydroxylation sites is 2. The van der Waals surface area contributed by atoms with Crippen molar-refractivity contribution in [3.05, 3.63) is 82.9 Å². The van der Waals surface area contributed by atoms with Gasteiger partial charge in [-0.3, -0.25) is 0 Å². The Labute approximate surface area is 170 Å². The van der Waals surface area contributed by atoms with Gasteiger partial charge in [-0.05, 0) is 71.8 Å². The highest BCUT2D eigenvalue weighted by molar-refractivity contribution is 5.62. The Balaban J connectivity index is 1.23. The Kier molecular flexibility index (Phi) is 3.89. The van der Waals surface area contributed by atoms with E-state index in [1.165, 1.54) is 46.5 Å². The van der Waals surface area contributed by atoms with E-state index in [4.69, 9.17) is 9.47 Å². The maximum absolute atomic E-state index is 6.20. The van der Waals surface area contributed by atoms with E-state index in [0.29, 0.717) is 12.6 Å². The molecule has 0 saturated carbocycles. The summed E-state index contributed by atoms with van der Waals surface area (Å²) < 4.78 is 12.1. The van der Waals surface area contributed by atoms with E-state index in [2.05, 4.69) is 47.0 Å². The summed E-state index contributed by atoms with van der Waals surface area (Å²) >= 11 is 0. The van der Waals surface area contributed by atoms with Gasteiger partial charge in [0.1, 0.15) is 6.61 Å². The zero-order valence-corrected chi connectivity index (χ0v) is 16.3. The summed E-state index contributed by atoms with van der Waals surface area (Å²) in [5, 5.41) is 7.25. The molecule has 3 aromatic carbocycles. The van der Waals surface area contributed by atoms with Gasteiger partial charge >= 0.3 is 0 Å². The fraction of sp³-hybridized carbons (Fsp3) is 0.280. The van der Waals surface area contributed by atoms with Crippen LogP contribution in [0, 0.1) is 0 Å². The number of benzene rings is 3. The van der Waals surface area contributed by atoms with Crippen LogP contribution in [0.15, 0.2) is 60.7 Å².